The van der Waals surface area contributed by atoms with Gasteiger partial charge in [-0.1, -0.05) is 15.9 Å². The fourth-order valence-corrected chi connectivity index (χ4v) is 2.51. The zero-order chi connectivity index (χ0) is 17.1. The number of carbonyl (C=O) groups excluding carboxylic acids is 1. The molecule has 0 radical (unpaired) electrons. The van der Waals surface area contributed by atoms with Crippen LogP contribution in [0.5, 0.6) is 5.88 Å². The molecule has 0 aliphatic heterocycles. The molecule has 0 spiro atoms. The number of nitrogens with zero attached hydrogens (tertiary/aromatic N) is 2. The van der Waals surface area contributed by atoms with Gasteiger partial charge >= 0.3 is 0 Å². The summed E-state index contributed by atoms with van der Waals surface area (Å²) < 4.78 is 45.4. The third-order valence-corrected chi connectivity index (χ3v) is 3.80. The second kappa shape index (κ2) is 6.99. The SMILES string of the molecule is COc1ncc(F)cc1C(=O)N(C)Cc1c(F)cc(F)cc1Br. The zero-order valence-electron chi connectivity index (χ0n) is 12.2. The molecule has 0 saturated carbocycles. The molecule has 0 fully saturated rings. The van der Waals surface area contributed by atoms with E-state index in [0.717, 1.165) is 29.3 Å². The van der Waals surface area contributed by atoms with Crippen LogP contribution in [0.2, 0.25) is 0 Å². The van der Waals surface area contributed by atoms with Crippen LogP contribution in [0.3, 0.4) is 0 Å². The summed E-state index contributed by atoms with van der Waals surface area (Å²) in [7, 11) is 2.70. The van der Waals surface area contributed by atoms with Crippen molar-refractivity contribution < 1.29 is 22.7 Å². The first-order valence-corrected chi connectivity index (χ1v) is 7.21. The molecule has 0 saturated heterocycles. The van der Waals surface area contributed by atoms with Crippen molar-refractivity contribution in [3.8, 4) is 5.88 Å². The highest BCUT2D eigenvalue weighted by Gasteiger charge is 2.21. The number of pyridine rings is 1. The third-order valence-electron chi connectivity index (χ3n) is 3.09. The van der Waals surface area contributed by atoms with Crippen LogP contribution in [0.25, 0.3) is 0 Å². The fourth-order valence-electron chi connectivity index (χ4n) is 1.98. The normalized spacial score (nSPS) is 10.5. The van der Waals surface area contributed by atoms with Gasteiger partial charge in [0.15, 0.2) is 0 Å². The summed E-state index contributed by atoms with van der Waals surface area (Å²) in [5.41, 5.74) is 0.0132. The molecule has 122 valence electrons. The number of methoxy groups -OCH3 is 1. The number of halogens is 4. The summed E-state index contributed by atoms with van der Waals surface area (Å²) in [6.07, 6.45) is 0.922. The topological polar surface area (TPSA) is 42.4 Å². The van der Waals surface area contributed by atoms with E-state index in [1.807, 2.05) is 0 Å². The predicted molar refractivity (Wildman–Crippen MR) is 80.6 cm³/mol. The van der Waals surface area contributed by atoms with Crippen molar-refractivity contribution in [1.29, 1.82) is 0 Å². The summed E-state index contributed by atoms with van der Waals surface area (Å²) in [6, 6.07) is 2.81. The number of hydrogen-bond donors (Lipinski definition) is 0. The Hall–Kier alpha value is -2.09. The first-order valence-electron chi connectivity index (χ1n) is 6.42. The smallest absolute Gasteiger partial charge is 0.259 e. The van der Waals surface area contributed by atoms with E-state index in [0.29, 0.717) is 0 Å². The minimum absolute atomic E-state index is 0.0399. The Morgan fingerprint density at radius 3 is 2.57 bits per heavy atom. The van der Waals surface area contributed by atoms with Crippen LogP contribution in [-0.2, 0) is 6.54 Å². The molecule has 0 aliphatic carbocycles. The van der Waals surface area contributed by atoms with Gasteiger partial charge in [-0.3, -0.25) is 4.79 Å². The van der Waals surface area contributed by atoms with Crippen molar-refractivity contribution in [2.45, 2.75) is 6.54 Å². The molecule has 2 aromatic rings. The molecule has 8 heteroatoms. The maximum absolute atomic E-state index is 13.8. The first kappa shape index (κ1) is 17.3. The molecule has 23 heavy (non-hydrogen) atoms. The summed E-state index contributed by atoms with van der Waals surface area (Å²) in [4.78, 5) is 17.2. The predicted octanol–water partition coefficient (Wildman–Crippen LogP) is 3.54. The Morgan fingerprint density at radius 2 is 1.96 bits per heavy atom. The van der Waals surface area contributed by atoms with Gasteiger partial charge in [-0.2, -0.15) is 0 Å². The maximum Gasteiger partial charge on any atom is 0.259 e. The molecule has 4 nitrogen and oxygen atoms in total. The van der Waals surface area contributed by atoms with Gasteiger partial charge in [0, 0.05) is 29.7 Å². The number of amides is 1. The van der Waals surface area contributed by atoms with Crippen molar-refractivity contribution in [3.63, 3.8) is 0 Å². The molecule has 1 heterocycles. The van der Waals surface area contributed by atoms with Crippen LogP contribution in [0.4, 0.5) is 13.2 Å². The maximum atomic E-state index is 13.8. The molecular weight excluding hydrogens is 377 g/mol. The Morgan fingerprint density at radius 1 is 1.26 bits per heavy atom. The van der Waals surface area contributed by atoms with Crippen LogP contribution < -0.4 is 4.74 Å². The van der Waals surface area contributed by atoms with Gasteiger partial charge in [-0.25, -0.2) is 18.2 Å². The summed E-state index contributed by atoms with van der Waals surface area (Å²) >= 11 is 3.06. The molecule has 0 atom stereocenters. The monoisotopic (exact) mass is 388 g/mol. The average molecular weight is 389 g/mol. The highest BCUT2D eigenvalue weighted by Crippen LogP contribution is 2.24. The molecule has 1 aromatic carbocycles. The lowest BCUT2D eigenvalue weighted by molar-refractivity contribution is 0.0778. The second-order valence-electron chi connectivity index (χ2n) is 4.72. The van der Waals surface area contributed by atoms with Crippen LogP contribution in [0, 0.1) is 17.5 Å². The third kappa shape index (κ3) is 3.82. The summed E-state index contributed by atoms with van der Waals surface area (Å²) in [6.45, 7) is -0.148. The minimum atomic E-state index is -0.791. The van der Waals surface area contributed by atoms with E-state index in [9.17, 15) is 18.0 Å². The number of carbonyl (C=O) groups is 1. The standard InChI is InChI=1S/C15H12BrF3N2O2/c1-21(7-11-12(16)4-8(17)5-13(11)19)15(22)10-3-9(18)6-20-14(10)23-2/h3-6H,7H2,1-2H3. The molecular formula is C15H12BrF3N2O2. The van der Waals surface area contributed by atoms with Crippen LogP contribution in [0.15, 0.2) is 28.9 Å². The van der Waals surface area contributed by atoms with Gasteiger partial charge < -0.3 is 9.64 Å². The van der Waals surface area contributed by atoms with Gasteiger partial charge in [-0.15, -0.1) is 0 Å². The zero-order valence-corrected chi connectivity index (χ0v) is 13.8. The van der Waals surface area contributed by atoms with Crippen LogP contribution in [-0.4, -0.2) is 29.9 Å². The second-order valence-corrected chi connectivity index (χ2v) is 5.57. The van der Waals surface area contributed by atoms with E-state index in [4.69, 9.17) is 4.74 Å². The number of aromatic nitrogens is 1. The lowest BCUT2D eigenvalue weighted by atomic mass is 10.1. The molecule has 0 unspecified atom stereocenters. The first-order chi connectivity index (χ1) is 10.8. The molecule has 1 aromatic heterocycles. The quantitative estimate of drug-likeness (QED) is 0.804. The Bertz CT molecular complexity index is 732. The van der Waals surface area contributed by atoms with Crippen molar-refractivity contribution in [2.24, 2.45) is 0 Å². The van der Waals surface area contributed by atoms with Crippen LogP contribution in [0.1, 0.15) is 15.9 Å². The van der Waals surface area contributed by atoms with Gasteiger partial charge in [0.05, 0.1) is 13.3 Å². The van der Waals surface area contributed by atoms with E-state index in [-0.39, 0.29) is 28.0 Å². The fraction of sp³-hybridized carbons (Fsp3) is 0.200. The van der Waals surface area contributed by atoms with E-state index < -0.39 is 23.4 Å². The molecule has 0 N–H and O–H groups in total. The minimum Gasteiger partial charge on any atom is -0.480 e. The van der Waals surface area contributed by atoms with E-state index in [1.165, 1.54) is 14.2 Å². The summed E-state index contributed by atoms with van der Waals surface area (Å²) in [5, 5.41) is 0. The van der Waals surface area contributed by atoms with Crippen molar-refractivity contribution in [3.05, 3.63) is 57.4 Å². The number of benzene rings is 1. The Kier molecular flexibility index (Phi) is 5.25. The largest absolute Gasteiger partial charge is 0.480 e. The van der Waals surface area contributed by atoms with Gasteiger partial charge in [-0.05, 0) is 12.1 Å². The highest BCUT2D eigenvalue weighted by atomic mass is 79.9. The highest BCUT2D eigenvalue weighted by molar-refractivity contribution is 9.10. The van der Waals surface area contributed by atoms with E-state index in [2.05, 4.69) is 20.9 Å². The van der Waals surface area contributed by atoms with Crippen molar-refractivity contribution in [2.75, 3.05) is 14.2 Å². The van der Waals surface area contributed by atoms with Crippen LogP contribution >= 0.6 is 15.9 Å². The molecule has 0 aliphatic rings. The van der Waals surface area contributed by atoms with Gasteiger partial charge in [0.25, 0.3) is 5.91 Å². The van der Waals surface area contributed by atoms with Gasteiger partial charge in [0.2, 0.25) is 5.88 Å². The average Bonchev–Trinajstić information content (AvgIpc) is 2.49. The molecule has 2 rings (SSSR count). The number of rotatable bonds is 4. The van der Waals surface area contributed by atoms with Gasteiger partial charge in [0.1, 0.15) is 23.0 Å². The van der Waals surface area contributed by atoms with E-state index >= 15 is 0 Å². The lowest BCUT2D eigenvalue weighted by Crippen LogP contribution is -2.27. The lowest BCUT2D eigenvalue weighted by Gasteiger charge is -2.19. The number of hydrogen-bond acceptors (Lipinski definition) is 3. The van der Waals surface area contributed by atoms with E-state index in [1.54, 1.807) is 0 Å². The van der Waals surface area contributed by atoms with Crippen molar-refractivity contribution >= 4 is 21.8 Å². The Labute approximate surface area is 139 Å². The summed E-state index contributed by atoms with van der Waals surface area (Å²) in [5.74, 6) is -2.87. The van der Waals surface area contributed by atoms with Crippen molar-refractivity contribution in [1.82, 2.24) is 9.88 Å². The Balaban J connectivity index is 2.30. The number of ether oxygens (including phenoxy) is 1. The molecule has 0 bridgehead atoms. The molecule has 1 amide bonds.